The van der Waals surface area contributed by atoms with Crippen LogP contribution in [0.25, 0.3) is 0 Å². The van der Waals surface area contributed by atoms with Crippen molar-refractivity contribution in [2.45, 2.75) is 52.2 Å². The van der Waals surface area contributed by atoms with Crippen molar-refractivity contribution in [3.8, 4) is 0 Å². The summed E-state index contributed by atoms with van der Waals surface area (Å²) in [5, 5.41) is 2.24. The zero-order valence-corrected chi connectivity index (χ0v) is 15.3. The molecule has 1 saturated heterocycles. The Balaban J connectivity index is 1.47. The van der Waals surface area contributed by atoms with Crippen LogP contribution in [0.15, 0.2) is 36.2 Å². The van der Waals surface area contributed by atoms with Gasteiger partial charge >= 0.3 is 5.97 Å². The highest BCUT2D eigenvalue weighted by atomic mass is 16.6. The normalized spacial score (nSPS) is 37.0. The van der Waals surface area contributed by atoms with E-state index in [0.717, 1.165) is 19.5 Å². The summed E-state index contributed by atoms with van der Waals surface area (Å²) in [5.41, 5.74) is 3.08. The summed E-state index contributed by atoms with van der Waals surface area (Å²) in [5.74, 6) is 0.924. The number of carbonyl (C=O) groups is 1. The van der Waals surface area contributed by atoms with Gasteiger partial charge in [0.1, 0.15) is 18.6 Å². The maximum atomic E-state index is 12.5. The molecule has 1 aromatic rings. The molecule has 4 rings (SSSR count). The first-order valence-electron chi connectivity index (χ1n) is 9.70. The van der Waals surface area contributed by atoms with Crippen LogP contribution in [-0.2, 0) is 16.1 Å². The first kappa shape index (κ1) is 16.8. The Kier molecular flexibility index (Phi) is 4.40. The lowest BCUT2D eigenvalue weighted by atomic mass is 9.59. The molecule has 0 radical (unpaired) electrons. The number of aromatic nitrogens is 1. The highest BCUT2D eigenvalue weighted by molar-refractivity contribution is 5.76. The minimum atomic E-state index is -0.00184. The minimum Gasteiger partial charge on any atom is -0.461 e. The summed E-state index contributed by atoms with van der Waals surface area (Å²) in [6.45, 7) is 6.42. The maximum absolute atomic E-state index is 12.5. The fourth-order valence-electron chi connectivity index (χ4n) is 5.26. The topological polar surface area (TPSA) is 55.8 Å². The number of quaternary nitrogens is 1. The number of hydrogen-bond acceptors (Lipinski definition) is 3. The number of pyridine rings is 1. The van der Waals surface area contributed by atoms with Crippen molar-refractivity contribution in [2.75, 3.05) is 6.54 Å². The predicted molar refractivity (Wildman–Crippen MR) is 95.4 cm³/mol. The molecule has 4 heteroatoms. The predicted octanol–water partition coefficient (Wildman–Crippen LogP) is 2.46. The Morgan fingerprint density at radius 3 is 2.96 bits per heavy atom. The third-order valence-corrected chi connectivity index (χ3v) is 6.63. The average molecular weight is 341 g/mol. The Hall–Kier alpha value is -1.68. The third kappa shape index (κ3) is 3.12. The van der Waals surface area contributed by atoms with Gasteiger partial charge in [0, 0.05) is 23.9 Å². The molecule has 25 heavy (non-hydrogen) atoms. The molecule has 5 atom stereocenters. The molecule has 0 amide bonds. The second kappa shape index (κ2) is 6.56. The third-order valence-electron chi connectivity index (χ3n) is 6.63. The fourth-order valence-corrected chi connectivity index (χ4v) is 5.26. The Bertz CT molecular complexity index is 672. The largest absolute Gasteiger partial charge is 0.461 e. The van der Waals surface area contributed by atoms with Crippen molar-refractivity contribution in [1.29, 1.82) is 0 Å². The smallest absolute Gasteiger partial charge is 0.315 e. The molecule has 2 heterocycles. The molecular weight excluding hydrogens is 312 g/mol. The molecule has 2 aliphatic carbocycles. The molecular formula is C21H29N2O2+. The Morgan fingerprint density at radius 1 is 1.36 bits per heavy atom. The van der Waals surface area contributed by atoms with Crippen molar-refractivity contribution in [1.82, 2.24) is 4.98 Å². The number of esters is 1. The van der Waals surface area contributed by atoms with Gasteiger partial charge in [-0.2, -0.15) is 0 Å². The minimum absolute atomic E-state index is 0.00184. The molecule has 0 unspecified atom stereocenters. The van der Waals surface area contributed by atoms with E-state index in [-0.39, 0.29) is 29.3 Å². The van der Waals surface area contributed by atoms with Gasteiger partial charge in [0.25, 0.3) is 0 Å². The van der Waals surface area contributed by atoms with E-state index in [2.05, 4.69) is 30.2 Å². The molecule has 1 aliphatic heterocycles. The summed E-state index contributed by atoms with van der Waals surface area (Å²) in [6, 6.07) is 4.06. The molecule has 0 bridgehead atoms. The molecule has 2 N–H and O–H groups in total. The number of carbonyl (C=O) groups excluding carboxylic acids is 1. The van der Waals surface area contributed by atoms with Crippen LogP contribution in [0.1, 0.15) is 45.1 Å². The van der Waals surface area contributed by atoms with Gasteiger partial charge in [0.2, 0.25) is 0 Å². The van der Waals surface area contributed by atoms with E-state index < -0.39 is 0 Å². The second-order valence-electron chi connectivity index (χ2n) is 8.42. The molecule has 0 spiro atoms. The van der Waals surface area contributed by atoms with Gasteiger partial charge < -0.3 is 10.1 Å². The first-order valence-corrected chi connectivity index (χ1v) is 9.70. The summed E-state index contributed by atoms with van der Waals surface area (Å²) >= 11 is 0. The first-order chi connectivity index (χ1) is 12.1. The SMILES string of the molecule is C[C@H]1CCC[C@]2(C)C[C@H]3OC(=O)[C@@H](C[NH2+]Cc4ccncc4)[C@H]3C=C12. The van der Waals surface area contributed by atoms with Crippen molar-refractivity contribution >= 4 is 5.97 Å². The van der Waals surface area contributed by atoms with Crippen LogP contribution in [0, 0.1) is 23.2 Å². The van der Waals surface area contributed by atoms with Crippen LogP contribution < -0.4 is 5.32 Å². The van der Waals surface area contributed by atoms with Gasteiger partial charge in [-0.15, -0.1) is 0 Å². The number of rotatable bonds is 4. The number of ether oxygens (including phenoxy) is 1. The van der Waals surface area contributed by atoms with Crippen LogP contribution in [0.3, 0.4) is 0 Å². The summed E-state index contributed by atoms with van der Waals surface area (Å²) in [7, 11) is 0. The Morgan fingerprint density at radius 2 is 2.16 bits per heavy atom. The van der Waals surface area contributed by atoms with Crippen LogP contribution in [0.2, 0.25) is 0 Å². The summed E-state index contributed by atoms with van der Waals surface area (Å²) < 4.78 is 5.82. The van der Waals surface area contributed by atoms with E-state index in [0.29, 0.717) is 5.92 Å². The molecule has 4 nitrogen and oxygen atoms in total. The van der Waals surface area contributed by atoms with Crippen LogP contribution in [0.4, 0.5) is 0 Å². The number of hydrogen-bond donors (Lipinski definition) is 1. The number of fused-ring (bicyclic) bond motifs is 2. The van der Waals surface area contributed by atoms with Gasteiger partial charge in [-0.25, -0.2) is 0 Å². The zero-order chi connectivity index (χ0) is 17.4. The lowest BCUT2D eigenvalue weighted by Crippen LogP contribution is -2.84. The quantitative estimate of drug-likeness (QED) is 0.676. The van der Waals surface area contributed by atoms with E-state index in [1.165, 1.54) is 24.8 Å². The zero-order valence-electron chi connectivity index (χ0n) is 15.3. The second-order valence-corrected chi connectivity index (χ2v) is 8.42. The lowest BCUT2D eigenvalue weighted by Gasteiger charge is -2.45. The monoisotopic (exact) mass is 341 g/mol. The van der Waals surface area contributed by atoms with E-state index in [1.807, 2.05) is 24.5 Å². The van der Waals surface area contributed by atoms with Crippen molar-refractivity contribution in [3.63, 3.8) is 0 Å². The van der Waals surface area contributed by atoms with Gasteiger partial charge in [0.15, 0.2) is 0 Å². The maximum Gasteiger partial charge on any atom is 0.315 e. The average Bonchev–Trinajstić information content (AvgIpc) is 2.88. The van der Waals surface area contributed by atoms with Gasteiger partial charge in [-0.1, -0.05) is 31.9 Å². The standard InChI is InChI=1S/C21H28N2O2/c1-14-4-3-7-21(2)11-19-16(10-18(14)21)17(20(24)25-19)13-23-12-15-5-8-22-9-6-15/h5-6,8-10,14,16-17,19,23H,3-4,7,11-13H2,1-2H3/p+1/t14-,16+,17-,19+,21+/m0/s1. The van der Waals surface area contributed by atoms with Crippen molar-refractivity contribution < 1.29 is 14.8 Å². The molecule has 2 fully saturated rings. The number of allylic oxidation sites excluding steroid dienone is 1. The van der Waals surface area contributed by atoms with Crippen LogP contribution in [0.5, 0.6) is 0 Å². The molecule has 1 aromatic heterocycles. The molecule has 3 aliphatic rings. The van der Waals surface area contributed by atoms with E-state index >= 15 is 0 Å². The molecule has 0 aromatic carbocycles. The number of nitrogens with zero attached hydrogens (tertiary/aromatic N) is 1. The van der Waals surface area contributed by atoms with Gasteiger partial charge in [-0.05, 0) is 42.7 Å². The fraction of sp³-hybridized carbons (Fsp3) is 0.619. The van der Waals surface area contributed by atoms with E-state index in [9.17, 15) is 4.79 Å². The van der Waals surface area contributed by atoms with E-state index in [4.69, 9.17) is 4.74 Å². The van der Waals surface area contributed by atoms with E-state index in [1.54, 1.807) is 5.57 Å². The number of nitrogens with two attached hydrogens (primary N) is 1. The lowest BCUT2D eigenvalue weighted by molar-refractivity contribution is -0.674. The Labute approximate surface area is 150 Å². The van der Waals surface area contributed by atoms with Crippen molar-refractivity contribution in [3.05, 3.63) is 41.7 Å². The van der Waals surface area contributed by atoms with Gasteiger partial charge in [-0.3, -0.25) is 9.78 Å². The van der Waals surface area contributed by atoms with Crippen molar-refractivity contribution in [2.24, 2.45) is 23.2 Å². The van der Waals surface area contributed by atoms with Gasteiger partial charge in [0.05, 0.1) is 6.54 Å². The van der Waals surface area contributed by atoms with Crippen LogP contribution >= 0.6 is 0 Å². The summed E-state index contributed by atoms with van der Waals surface area (Å²) in [4.78, 5) is 16.5. The summed E-state index contributed by atoms with van der Waals surface area (Å²) in [6.07, 6.45) is 11.0. The molecule has 134 valence electrons. The molecule has 1 saturated carbocycles. The highest BCUT2D eigenvalue weighted by Gasteiger charge is 2.52. The van der Waals surface area contributed by atoms with Crippen LogP contribution in [-0.4, -0.2) is 23.6 Å². The highest BCUT2D eigenvalue weighted by Crippen LogP contribution is 2.53.